The first kappa shape index (κ1) is 17.9. The molecule has 0 aliphatic carbocycles. The van der Waals surface area contributed by atoms with Crippen LogP contribution in [0.1, 0.15) is 36.1 Å². The Bertz CT molecular complexity index is 436. The molecule has 120 valence electrons. The zero-order chi connectivity index (χ0) is 16.0. The van der Waals surface area contributed by atoms with Gasteiger partial charge in [0.2, 0.25) is 0 Å². The van der Waals surface area contributed by atoms with E-state index < -0.39 is 12.8 Å². The van der Waals surface area contributed by atoms with E-state index in [1.54, 1.807) is 13.8 Å². The Hall–Kier alpha value is -1.14. The first-order valence-corrected chi connectivity index (χ1v) is 6.89. The Kier molecular flexibility index (Phi) is 6.61. The largest absolute Gasteiger partial charge is 0.411 e. The van der Waals surface area contributed by atoms with Gasteiger partial charge in [-0.15, -0.1) is 0 Å². The smallest absolute Gasteiger partial charge is 0.370 e. The summed E-state index contributed by atoms with van der Waals surface area (Å²) in [5.41, 5.74) is 2.21. The molecule has 0 fully saturated rings. The molecule has 0 aromatic heterocycles. The molecule has 0 spiro atoms. The fourth-order valence-corrected chi connectivity index (χ4v) is 2.33. The van der Waals surface area contributed by atoms with Gasteiger partial charge in [-0.25, -0.2) is 4.39 Å². The summed E-state index contributed by atoms with van der Waals surface area (Å²) in [6, 6.07) is 2.38. The summed E-state index contributed by atoms with van der Waals surface area (Å²) < 4.78 is 54.6. The summed E-state index contributed by atoms with van der Waals surface area (Å²) in [4.78, 5) is 0. The van der Waals surface area contributed by atoms with E-state index in [4.69, 9.17) is 4.74 Å². The van der Waals surface area contributed by atoms with Crippen molar-refractivity contribution in [1.29, 1.82) is 0 Å². The molecule has 1 atom stereocenters. The first-order valence-electron chi connectivity index (χ1n) is 6.89. The zero-order valence-corrected chi connectivity index (χ0v) is 12.5. The normalized spacial score (nSPS) is 13.5. The van der Waals surface area contributed by atoms with Crippen LogP contribution in [0.5, 0.6) is 0 Å². The Labute approximate surface area is 122 Å². The molecule has 1 rings (SSSR count). The van der Waals surface area contributed by atoms with E-state index in [0.717, 1.165) is 12.0 Å². The molecule has 0 bridgehead atoms. The molecule has 1 aromatic rings. The van der Waals surface area contributed by atoms with Crippen molar-refractivity contribution in [2.75, 3.05) is 19.8 Å². The van der Waals surface area contributed by atoms with Gasteiger partial charge in [-0.05, 0) is 55.6 Å². The Balaban J connectivity index is 2.87. The van der Waals surface area contributed by atoms with Gasteiger partial charge in [0.05, 0.1) is 12.6 Å². The van der Waals surface area contributed by atoms with E-state index >= 15 is 0 Å². The second-order valence-corrected chi connectivity index (χ2v) is 5.09. The number of hydrogen-bond donors (Lipinski definition) is 1. The third-order valence-corrected chi connectivity index (χ3v) is 3.10. The van der Waals surface area contributed by atoms with E-state index in [9.17, 15) is 17.6 Å². The van der Waals surface area contributed by atoms with Crippen molar-refractivity contribution in [3.8, 4) is 0 Å². The highest BCUT2D eigenvalue weighted by atomic mass is 19.4. The monoisotopic (exact) mass is 307 g/mol. The van der Waals surface area contributed by atoms with E-state index in [1.807, 2.05) is 6.92 Å². The Morgan fingerprint density at radius 1 is 1.19 bits per heavy atom. The maximum atomic E-state index is 13.3. The molecule has 0 saturated carbocycles. The van der Waals surface area contributed by atoms with Crippen LogP contribution in [0.15, 0.2) is 12.1 Å². The van der Waals surface area contributed by atoms with E-state index in [2.05, 4.69) is 5.32 Å². The number of halogens is 4. The van der Waals surface area contributed by atoms with Crippen molar-refractivity contribution in [2.45, 2.75) is 39.4 Å². The van der Waals surface area contributed by atoms with Gasteiger partial charge in [-0.3, -0.25) is 0 Å². The number of nitrogens with one attached hydrogen (secondary N) is 1. The van der Waals surface area contributed by atoms with Crippen molar-refractivity contribution < 1.29 is 22.3 Å². The maximum Gasteiger partial charge on any atom is 0.411 e. The van der Waals surface area contributed by atoms with Gasteiger partial charge in [0.1, 0.15) is 12.4 Å². The predicted octanol–water partition coefficient (Wildman–Crippen LogP) is 4.06. The summed E-state index contributed by atoms with van der Waals surface area (Å²) in [5.74, 6) is -0.348. The van der Waals surface area contributed by atoms with Crippen molar-refractivity contribution >= 4 is 0 Å². The molecule has 0 saturated heterocycles. The molecular formula is C15H21F4NO. The zero-order valence-electron chi connectivity index (χ0n) is 12.5. The minimum Gasteiger partial charge on any atom is -0.370 e. The standard InChI is InChI=1S/C15H21F4NO/c1-4-5-20-13(8-21-9-15(17,18)19)14-10(2)6-12(16)7-11(14)3/h6-7,13,20H,4-5,8-9H2,1-3H3. The lowest BCUT2D eigenvalue weighted by Crippen LogP contribution is -2.29. The lowest BCUT2D eigenvalue weighted by molar-refractivity contribution is -0.175. The van der Waals surface area contributed by atoms with Gasteiger partial charge in [-0.2, -0.15) is 13.2 Å². The van der Waals surface area contributed by atoms with Gasteiger partial charge < -0.3 is 10.1 Å². The average molecular weight is 307 g/mol. The molecular weight excluding hydrogens is 286 g/mol. The van der Waals surface area contributed by atoms with Crippen LogP contribution in [-0.4, -0.2) is 25.9 Å². The fourth-order valence-electron chi connectivity index (χ4n) is 2.33. The lowest BCUT2D eigenvalue weighted by atomic mass is 9.96. The molecule has 0 aliphatic rings. The fraction of sp³-hybridized carbons (Fsp3) is 0.600. The van der Waals surface area contributed by atoms with Gasteiger partial charge in [-0.1, -0.05) is 6.92 Å². The van der Waals surface area contributed by atoms with Gasteiger partial charge in [0.15, 0.2) is 0 Å². The van der Waals surface area contributed by atoms with Crippen LogP contribution in [-0.2, 0) is 4.74 Å². The lowest BCUT2D eigenvalue weighted by Gasteiger charge is -2.23. The number of ether oxygens (including phenoxy) is 1. The van der Waals surface area contributed by atoms with Crippen molar-refractivity contribution in [3.05, 3.63) is 34.6 Å². The summed E-state index contributed by atoms with van der Waals surface area (Å²) in [7, 11) is 0. The molecule has 21 heavy (non-hydrogen) atoms. The maximum absolute atomic E-state index is 13.3. The number of benzene rings is 1. The van der Waals surface area contributed by atoms with E-state index in [-0.39, 0.29) is 18.5 Å². The SMILES string of the molecule is CCCNC(COCC(F)(F)F)c1c(C)cc(F)cc1C. The second-order valence-electron chi connectivity index (χ2n) is 5.09. The van der Waals surface area contributed by atoms with E-state index in [0.29, 0.717) is 17.7 Å². The van der Waals surface area contributed by atoms with E-state index in [1.165, 1.54) is 12.1 Å². The summed E-state index contributed by atoms with van der Waals surface area (Å²) in [6.07, 6.45) is -3.50. The number of rotatable bonds is 7. The third-order valence-electron chi connectivity index (χ3n) is 3.10. The van der Waals surface area contributed by atoms with Crippen LogP contribution in [0, 0.1) is 19.7 Å². The minimum atomic E-state index is -4.35. The summed E-state index contributed by atoms with van der Waals surface area (Å²) in [6.45, 7) is 4.72. The molecule has 0 heterocycles. The number of hydrogen-bond acceptors (Lipinski definition) is 2. The predicted molar refractivity (Wildman–Crippen MR) is 73.8 cm³/mol. The van der Waals surface area contributed by atoms with Crippen LogP contribution in [0.25, 0.3) is 0 Å². The molecule has 1 unspecified atom stereocenters. The van der Waals surface area contributed by atoms with Crippen LogP contribution >= 0.6 is 0 Å². The Morgan fingerprint density at radius 2 is 1.76 bits per heavy atom. The minimum absolute atomic E-state index is 0.104. The van der Waals surface area contributed by atoms with Crippen LogP contribution in [0.4, 0.5) is 17.6 Å². The van der Waals surface area contributed by atoms with Gasteiger partial charge >= 0.3 is 6.18 Å². The molecule has 1 aromatic carbocycles. The highest BCUT2D eigenvalue weighted by Gasteiger charge is 2.28. The van der Waals surface area contributed by atoms with Gasteiger partial charge in [0.25, 0.3) is 0 Å². The summed E-state index contributed by atoms with van der Waals surface area (Å²) in [5, 5.41) is 3.16. The average Bonchev–Trinajstić information content (AvgIpc) is 2.32. The number of alkyl halides is 3. The quantitative estimate of drug-likeness (QED) is 0.767. The summed E-state index contributed by atoms with van der Waals surface area (Å²) >= 11 is 0. The molecule has 6 heteroatoms. The molecule has 1 N–H and O–H groups in total. The Morgan fingerprint density at radius 3 is 2.24 bits per heavy atom. The number of aryl methyl sites for hydroxylation is 2. The van der Waals surface area contributed by atoms with Crippen LogP contribution in [0.3, 0.4) is 0 Å². The van der Waals surface area contributed by atoms with Gasteiger partial charge in [0, 0.05) is 0 Å². The topological polar surface area (TPSA) is 21.3 Å². The van der Waals surface area contributed by atoms with Crippen molar-refractivity contribution in [1.82, 2.24) is 5.32 Å². The molecule has 0 aliphatic heterocycles. The van der Waals surface area contributed by atoms with Crippen molar-refractivity contribution in [2.24, 2.45) is 0 Å². The highest BCUT2D eigenvalue weighted by molar-refractivity contribution is 5.37. The molecule has 0 radical (unpaired) electrons. The third kappa shape index (κ3) is 6.01. The van der Waals surface area contributed by atoms with Crippen LogP contribution in [0.2, 0.25) is 0 Å². The molecule has 0 amide bonds. The highest BCUT2D eigenvalue weighted by Crippen LogP contribution is 2.24. The van der Waals surface area contributed by atoms with Crippen LogP contribution < -0.4 is 5.32 Å². The first-order chi connectivity index (χ1) is 9.74. The molecule has 2 nitrogen and oxygen atoms in total. The second kappa shape index (κ2) is 7.75. The van der Waals surface area contributed by atoms with Crippen molar-refractivity contribution in [3.63, 3.8) is 0 Å².